The molecule has 0 fully saturated rings. The normalized spacial score (nSPS) is 10.7. The van der Waals surface area contributed by atoms with Crippen molar-refractivity contribution in [3.05, 3.63) is 96.1 Å². The summed E-state index contributed by atoms with van der Waals surface area (Å²) >= 11 is 0. The average molecular weight is 511 g/mol. The third-order valence-electron chi connectivity index (χ3n) is 6.38. The van der Waals surface area contributed by atoms with E-state index in [1.807, 2.05) is 84.9 Å². The second-order valence-corrected chi connectivity index (χ2v) is 9.07. The van der Waals surface area contributed by atoms with E-state index in [0.717, 1.165) is 42.0 Å². The number of hydrogen-bond donors (Lipinski definition) is 1. The van der Waals surface area contributed by atoms with Crippen molar-refractivity contribution in [3.8, 4) is 22.7 Å². The molecular formula is C31H34N4O3. The van der Waals surface area contributed by atoms with E-state index in [1.54, 1.807) is 16.7 Å². The number of amides is 2. The maximum atomic E-state index is 13.3. The van der Waals surface area contributed by atoms with E-state index in [2.05, 4.69) is 19.2 Å². The van der Waals surface area contributed by atoms with Crippen LogP contribution in [0.5, 0.6) is 5.75 Å². The number of carbonyl (C=O) groups is 2. The molecule has 0 atom stereocenters. The maximum absolute atomic E-state index is 13.3. The van der Waals surface area contributed by atoms with Gasteiger partial charge in [-0.3, -0.25) is 9.59 Å². The maximum Gasteiger partial charge on any atom is 0.254 e. The van der Waals surface area contributed by atoms with Crippen LogP contribution in [0.25, 0.3) is 16.9 Å². The van der Waals surface area contributed by atoms with Gasteiger partial charge in [-0.1, -0.05) is 62.7 Å². The molecule has 1 aromatic heterocycles. The lowest BCUT2D eigenvalue weighted by Crippen LogP contribution is -2.39. The SMILES string of the molecule is CCCCN(CC(=O)Nc1cc(-c2ccccc2)nn1-c1ccc(OC)cc1)C(=O)c1ccc(CC)cc1. The van der Waals surface area contributed by atoms with Gasteiger partial charge in [-0.2, -0.15) is 5.10 Å². The fourth-order valence-corrected chi connectivity index (χ4v) is 4.16. The minimum atomic E-state index is -0.283. The average Bonchev–Trinajstić information content (AvgIpc) is 3.39. The Bertz CT molecular complexity index is 1350. The lowest BCUT2D eigenvalue weighted by molar-refractivity contribution is -0.117. The van der Waals surface area contributed by atoms with Crippen molar-refractivity contribution in [1.82, 2.24) is 14.7 Å². The third-order valence-corrected chi connectivity index (χ3v) is 6.38. The summed E-state index contributed by atoms with van der Waals surface area (Å²) in [5.74, 6) is 0.819. The Balaban J connectivity index is 1.58. The van der Waals surface area contributed by atoms with Crippen LogP contribution in [0.2, 0.25) is 0 Å². The number of rotatable bonds is 11. The largest absolute Gasteiger partial charge is 0.497 e. The van der Waals surface area contributed by atoms with Gasteiger partial charge < -0.3 is 15.0 Å². The first-order chi connectivity index (χ1) is 18.5. The Morgan fingerprint density at radius 2 is 1.66 bits per heavy atom. The summed E-state index contributed by atoms with van der Waals surface area (Å²) in [6.07, 6.45) is 2.64. The van der Waals surface area contributed by atoms with E-state index in [9.17, 15) is 9.59 Å². The minimum absolute atomic E-state index is 0.0528. The van der Waals surface area contributed by atoms with Crippen molar-refractivity contribution in [2.75, 3.05) is 25.5 Å². The van der Waals surface area contributed by atoms with Crippen LogP contribution >= 0.6 is 0 Å². The van der Waals surface area contributed by atoms with Gasteiger partial charge in [0.1, 0.15) is 18.1 Å². The summed E-state index contributed by atoms with van der Waals surface area (Å²) in [7, 11) is 1.62. The Kier molecular flexibility index (Phi) is 8.93. The second-order valence-electron chi connectivity index (χ2n) is 9.07. The number of carbonyl (C=O) groups excluding carboxylic acids is 2. The van der Waals surface area contributed by atoms with Crippen LogP contribution in [0.1, 0.15) is 42.6 Å². The Labute approximate surface area is 224 Å². The number of hydrogen-bond acceptors (Lipinski definition) is 4. The monoisotopic (exact) mass is 510 g/mol. The van der Waals surface area contributed by atoms with Gasteiger partial charge in [0.2, 0.25) is 5.91 Å². The zero-order valence-corrected chi connectivity index (χ0v) is 22.2. The van der Waals surface area contributed by atoms with Crippen LogP contribution < -0.4 is 10.1 Å². The lowest BCUT2D eigenvalue weighted by Gasteiger charge is -2.22. The first-order valence-electron chi connectivity index (χ1n) is 13.0. The van der Waals surface area contributed by atoms with Gasteiger partial charge in [0, 0.05) is 23.7 Å². The number of aryl methyl sites for hydroxylation is 1. The van der Waals surface area contributed by atoms with Gasteiger partial charge in [0.25, 0.3) is 5.91 Å². The summed E-state index contributed by atoms with van der Waals surface area (Å²) in [4.78, 5) is 28.2. The highest BCUT2D eigenvalue weighted by Gasteiger charge is 2.20. The molecule has 0 unspecified atom stereocenters. The number of nitrogens with zero attached hydrogens (tertiary/aromatic N) is 3. The number of anilines is 1. The number of methoxy groups -OCH3 is 1. The zero-order valence-electron chi connectivity index (χ0n) is 22.2. The summed E-state index contributed by atoms with van der Waals surface area (Å²) in [6, 6.07) is 26.7. The van der Waals surface area contributed by atoms with Gasteiger partial charge >= 0.3 is 0 Å². The molecule has 0 saturated carbocycles. The Morgan fingerprint density at radius 3 is 2.29 bits per heavy atom. The number of unbranched alkanes of at least 4 members (excludes halogenated alkanes) is 1. The first kappa shape index (κ1) is 26.7. The van der Waals surface area contributed by atoms with Crippen LogP contribution in [-0.4, -0.2) is 46.7 Å². The molecule has 7 heteroatoms. The topological polar surface area (TPSA) is 76.5 Å². The van der Waals surface area contributed by atoms with Crippen molar-refractivity contribution in [2.45, 2.75) is 33.1 Å². The standard InChI is InChI=1S/C31H34N4O3/c1-4-6-20-34(31(37)25-14-12-23(5-2)13-15-25)22-30(36)32-29-21-28(24-10-8-7-9-11-24)33-35(29)26-16-18-27(38-3)19-17-26/h7-19,21H,4-6,20,22H2,1-3H3,(H,32,36). The molecule has 7 nitrogen and oxygen atoms in total. The second kappa shape index (κ2) is 12.7. The van der Waals surface area contributed by atoms with Gasteiger partial charge in [-0.15, -0.1) is 0 Å². The molecule has 1 N–H and O–H groups in total. The quantitative estimate of drug-likeness (QED) is 0.269. The van der Waals surface area contributed by atoms with Gasteiger partial charge in [-0.25, -0.2) is 4.68 Å². The highest BCUT2D eigenvalue weighted by Crippen LogP contribution is 2.26. The Morgan fingerprint density at radius 1 is 0.947 bits per heavy atom. The van der Waals surface area contributed by atoms with Crippen LogP contribution in [0, 0.1) is 0 Å². The molecule has 38 heavy (non-hydrogen) atoms. The van der Waals surface area contributed by atoms with E-state index in [4.69, 9.17) is 9.84 Å². The Hall–Kier alpha value is -4.39. The first-order valence-corrected chi connectivity index (χ1v) is 13.0. The molecule has 0 saturated heterocycles. The summed E-state index contributed by atoms with van der Waals surface area (Å²) < 4.78 is 6.98. The molecule has 196 valence electrons. The van der Waals surface area contributed by atoms with Crippen molar-refractivity contribution in [1.29, 1.82) is 0 Å². The van der Waals surface area contributed by atoms with Crippen LogP contribution in [-0.2, 0) is 11.2 Å². The predicted molar refractivity (Wildman–Crippen MR) is 151 cm³/mol. The smallest absolute Gasteiger partial charge is 0.254 e. The van der Waals surface area contributed by atoms with E-state index in [1.165, 1.54) is 5.56 Å². The van der Waals surface area contributed by atoms with Gasteiger partial charge in [0.05, 0.1) is 18.5 Å². The fourth-order valence-electron chi connectivity index (χ4n) is 4.16. The predicted octanol–water partition coefficient (Wildman–Crippen LogP) is 5.99. The van der Waals surface area contributed by atoms with Crippen molar-refractivity contribution in [2.24, 2.45) is 0 Å². The van der Waals surface area contributed by atoms with Crippen LogP contribution in [0.4, 0.5) is 5.82 Å². The number of benzene rings is 3. The van der Waals surface area contributed by atoms with Crippen molar-refractivity contribution in [3.63, 3.8) is 0 Å². The fraction of sp³-hybridized carbons (Fsp3) is 0.258. The van der Waals surface area contributed by atoms with Crippen molar-refractivity contribution < 1.29 is 14.3 Å². The molecule has 0 bridgehead atoms. The minimum Gasteiger partial charge on any atom is -0.497 e. The van der Waals surface area contributed by atoms with E-state index < -0.39 is 0 Å². The molecule has 0 aliphatic heterocycles. The molecule has 3 aromatic carbocycles. The number of nitrogens with one attached hydrogen (secondary N) is 1. The third kappa shape index (κ3) is 6.48. The molecule has 1 heterocycles. The van der Waals surface area contributed by atoms with E-state index in [-0.39, 0.29) is 18.4 Å². The van der Waals surface area contributed by atoms with Crippen LogP contribution in [0.15, 0.2) is 84.9 Å². The molecule has 0 radical (unpaired) electrons. The number of aromatic nitrogens is 2. The van der Waals surface area contributed by atoms with Crippen molar-refractivity contribution >= 4 is 17.6 Å². The molecule has 0 aliphatic carbocycles. The molecule has 0 spiro atoms. The van der Waals surface area contributed by atoms with Crippen LogP contribution in [0.3, 0.4) is 0 Å². The number of ether oxygens (including phenoxy) is 1. The molecule has 4 aromatic rings. The summed E-state index contributed by atoms with van der Waals surface area (Å²) in [5, 5.41) is 7.76. The molecule has 2 amide bonds. The lowest BCUT2D eigenvalue weighted by atomic mass is 10.1. The molecule has 4 rings (SSSR count). The van der Waals surface area contributed by atoms with Gasteiger partial charge in [0.15, 0.2) is 0 Å². The summed E-state index contributed by atoms with van der Waals surface area (Å²) in [6.45, 7) is 4.60. The summed E-state index contributed by atoms with van der Waals surface area (Å²) in [5.41, 5.74) is 4.19. The molecular weight excluding hydrogens is 476 g/mol. The van der Waals surface area contributed by atoms with Gasteiger partial charge in [-0.05, 0) is 54.8 Å². The highest BCUT2D eigenvalue weighted by atomic mass is 16.5. The molecule has 0 aliphatic rings. The van der Waals surface area contributed by atoms with E-state index >= 15 is 0 Å². The highest BCUT2D eigenvalue weighted by molar-refractivity contribution is 5.99. The zero-order chi connectivity index (χ0) is 26.9. The van der Waals surface area contributed by atoms with E-state index in [0.29, 0.717) is 17.9 Å².